The van der Waals surface area contributed by atoms with Crippen molar-refractivity contribution in [3.05, 3.63) is 108 Å². The molecular weight excluding hydrogens is 402 g/mol. The third-order valence-electron chi connectivity index (χ3n) is 5.65. The minimum Gasteiger partial charge on any atom is -0.346 e. The van der Waals surface area contributed by atoms with Gasteiger partial charge in [0.25, 0.3) is 0 Å². The molecule has 0 radical (unpaired) electrons. The first-order valence-corrected chi connectivity index (χ1v) is 11.1. The Morgan fingerprint density at radius 3 is 1.77 bits per heavy atom. The number of thiocarbonyl (C=S) groups is 1. The van der Waals surface area contributed by atoms with Crippen LogP contribution in [-0.2, 0) is 11.2 Å². The minimum atomic E-state index is -0.0647. The first kappa shape index (κ1) is 21.2. The summed E-state index contributed by atoms with van der Waals surface area (Å²) in [6.45, 7) is 3.34. The van der Waals surface area contributed by atoms with Gasteiger partial charge in [-0.25, -0.2) is 0 Å². The van der Waals surface area contributed by atoms with Crippen LogP contribution >= 0.6 is 12.2 Å². The maximum Gasteiger partial charge on any atom is 0.230 e. The van der Waals surface area contributed by atoms with Crippen LogP contribution in [0.25, 0.3) is 0 Å². The number of carbonyl (C=O) groups is 1. The molecule has 0 spiro atoms. The fraction of sp³-hybridized carbons (Fsp3) is 0.231. The van der Waals surface area contributed by atoms with Gasteiger partial charge in [-0.2, -0.15) is 0 Å². The van der Waals surface area contributed by atoms with E-state index in [2.05, 4.69) is 75.8 Å². The van der Waals surface area contributed by atoms with Gasteiger partial charge in [-0.15, -0.1) is 0 Å². The molecule has 5 heteroatoms. The van der Waals surface area contributed by atoms with Crippen LogP contribution in [0.5, 0.6) is 0 Å². The fourth-order valence-electron chi connectivity index (χ4n) is 4.09. The van der Waals surface area contributed by atoms with Crippen molar-refractivity contribution in [3.63, 3.8) is 0 Å². The molecule has 1 aliphatic rings. The quantitative estimate of drug-likeness (QED) is 0.621. The number of hydrogen-bond acceptors (Lipinski definition) is 3. The number of nitrogens with one attached hydrogen (secondary N) is 1. The average molecular weight is 430 g/mol. The van der Waals surface area contributed by atoms with Gasteiger partial charge < -0.3 is 10.2 Å². The lowest BCUT2D eigenvalue weighted by molar-refractivity contribution is -0.119. The van der Waals surface area contributed by atoms with E-state index in [1.165, 1.54) is 11.1 Å². The lowest BCUT2D eigenvalue weighted by Crippen LogP contribution is -2.53. The molecule has 1 saturated heterocycles. The van der Waals surface area contributed by atoms with Crippen LogP contribution in [-0.4, -0.2) is 47.0 Å². The fourth-order valence-corrected chi connectivity index (χ4v) is 4.39. The van der Waals surface area contributed by atoms with Gasteiger partial charge in [0.1, 0.15) is 0 Å². The van der Waals surface area contributed by atoms with E-state index in [-0.39, 0.29) is 11.9 Å². The summed E-state index contributed by atoms with van der Waals surface area (Å²) in [4.78, 5) is 17.0. The summed E-state index contributed by atoms with van der Waals surface area (Å²) >= 11 is 5.53. The van der Waals surface area contributed by atoms with Crippen molar-refractivity contribution >= 4 is 23.2 Å². The molecule has 1 heterocycles. The maximum atomic E-state index is 12.4. The summed E-state index contributed by atoms with van der Waals surface area (Å²) in [5.41, 5.74) is 3.57. The average Bonchev–Trinajstić information content (AvgIpc) is 2.82. The van der Waals surface area contributed by atoms with Crippen molar-refractivity contribution in [1.29, 1.82) is 0 Å². The zero-order chi connectivity index (χ0) is 21.5. The van der Waals surface area contributed by atoms with E-state index in [1.54, 1.807) is 0 Å². The molecule has 4 nitrogen and oxygen atoms in total. The molecule has 1 aliphatic heterocycles. The molecule has 0 unspecified atom stereocenters. The molecule has 1 fully saturated rings. The van der Waals surface area contributed by atoms with Crippen LogP contribution in [0, 0.1) is 0 Å². The number of piperazine rings is 1. The molecule has 31 heavy (non-hydrogen) atoms. The molecule has 0 bridgehead atoms. The molecular formula is C26H27N3OS. The number of nitrogens with zero attached hydrogens (tertiary/aromatic N) is 2. The van der Waals surface area contributed by atoms with E-state index in [4.69, 9.17) is 12.2 Å². The van der Waals surface area contributed by atoms with Gasteiger partial charge in [-0.1, -0.05) is 91.0 Å². The van der Waals surface area contributed by atoms with Gasteiger partial charge in [0.15, 0.2) is 5.11 Å². The van der Waals surface area contributed by atoms with Crippen LogP contribution in [0.4, 0.5) is 0 Å². The Bertz CT molecular complexity index is 947. The van der Waals surface area contributed by atoms with Gasteiger partial charge in [-0.05, 0) is 28.9 Å². The summed E-state index contributed by atoms with van der Waals surface area (Å²) in [7, 11) is 0. The highest BCUT2D eigenvalue weighted by atomic mass is 32.1. The van der Waals surface area contributed by atoms with Gasteiger partial charge in [0, 0.05) is 26.2 Å². The van der Waals surface area contributed by atoms with E-state index in [0.29, 0.717) is 11.5 Å². The third kappa shape index (κ3) is 5.57. The predicted octanol–water partition coefficient (Wildman–Crippen LogP) is 4.04. The molecule has 1 N–H and O–H groups in total. The van der Waals surface area contributed by atoms with Crippen molar-refractivity contribution in [2.75, 3.05) is 26.2 Å². The monoisotopic (exact) mass is 429 g/mol. The van der Waals surface area contributed by atoms with Gasteiger partial charge in [0.05, 0.1) is 12.5 Å². The minimum absolute atomic E-state index is 0.0647. The van der Waals surface area contributed by atoms with Crippen molar-refractivity contribution in [3.8, 4) is 0 Å². The maximum absolute atomic E-state index is 12.4. The number of benzene rings is 3. The van der Waals surface area contributed by atoms with Crippen LogP contribution in [0.1, 0.15) is 22.7 Å². The molecule has 0 aliphatic carbocycles. The molecule has 3 aromatic rings. The lowest BCUT2D eigenvalue weighted by Gasteiger charge is -2.40. The molecule has 158 valence electrons. The standard InChI is InChI=1S/C26H27N3OS/c30-24(20-21-10-4-1-5-11-21)27-26(31)29-18-16-28(17-19-29)25(22-12-6-2-7-13-22)23-14-8-3-9-15-23/h1-15,25H,16-20H2,(H,27,30,31). The van der Waals surface area contributed by atoms with Crippen molar-refractivity contribution in [2.24, 2.45) is 0 Å². The highest BCUT2D eigenvalue weighted by molar-refractivity contribution is 7.80. The summed E-state index contributed by atoms with van der Waals surface area (Å²) in [5.74, 6) is -0.0647. The van der Waals surface area contributed by atoms with Gasteiger partial charge >= 0.3 is 0 Å². The largest absolute Gasteiger partial charge is 0.346 e. The van der Waals surface area contributed by atoms with Gasteiger partial charge in [0.2, 0.25) is 5.91 Å². The highest BCUT2D eigenvalue weighted by Gasteiger charge is 2.27. The summed E-state index contributed by atoms with van der Waals surface area (Å²) in [6, 6.07) is 31.2. The molecule has 0 aromatic heterocycles. The SMILES string of the molecule is O=C(Cc1ccccc1)NC(=S)N1CCN(C(c2ccccc2)c2ccccc2)CC1. The normalized spacial score (nSPS) is 14.4. The molecule has 4 rings (SSSR count). The molecule has 0 atom stereocenters. The van der Waals surface area contributed by atoms with Gasteiger partial charge in [-0.3, -0.25) is 9.69 Å². The second-order valence-electron chi connectivity index (χ2n) is 7.76. The topological polar surface area (TPSA) is 35.6 Å². The Morgan fingerprint density at radius 1 is 0.774 bits per heavy atom. The van der Waals surface area contributed by atoms with Crippen LogP contribution in [0.15, 0.2) is 91.0 Å². The lowest BCUT2D eigenvalue weighted by atomic mass is 9.96. The second kappa shape index (κ2) is 10.3. The zero-order valence-electron chi connectivity index (χ0n) is 17.5. The Balaban J connectivity index is 1.37. The summed E-state index contributed by atoms with van der Waals surface area (Å²) in [6.07, 6.45) is 0.338. The van der Waals surface area contributed by atoms with Crippen LogP contribution < -0.4 is 5.32 Å². The van der Waals surface area contributed by atoms with Crippen molar-refractivity contribution in [2.45, 2.75) is 12.5 Å². The van der Waals surface area contributed by atoms with E-state index in [1.807, 2.05) is 30.3 Å². The molecule has 3 aromatic carbocycles. The number of rotatable bonds is 5. The third-order valence-corrected chi connectivity index (χ3v) is 6.01. The Hall–Kier alpha value is -3.02. The summed E-state index contributed by atoms with van der Waals surface area (Å²) in [5, 5.41) is 3.43. The number of amides is 1. The van der Waals surface area contributed by atoms with Crippen molar-refractivity contribution < 1.29 is 4.79 Å². The Kier molecular flexibility index (Phi) is 7.07. The first-order chi connectivity index (χ1) is 15.2. The molecule has 1 amide bonds. The second-order valence-corrected chi connectivity index (χ2v) is 8.15. The number of hydrogen-bond donors (Lipinski definition) is 1. The Labute approximate surface area is 189 Å². The van der Waals surface area contributed by atoms with Crippen molar-refractivity contribution in [1.82, 2.24) is 15.1 Å². The van der Waals surface area contributed by atoms with E-state index in [9.17, 15) is 4.79 Å². The van der Waals surface area contributed by atoms with E-state index in [0.717, 1.165) is 31.7 Å². The smallest absolute Gasteiger partial charge is 0.230 e. The Morgan fingerprint density at radius 2 is 1.26 bits per heavy atom. The predicted molar refractivity (Wildman–Crippen MR) is 129 cm³/mol. The molecule has 0 saturated carbocycles. The van der Waals surface area contributed by atoms with E-state index >= 15 is 0 Å². The van der Waals surface area contributed by atoms with Crippen LogP contribution in [0.2, 0.25) is 0 Å². The van der Waals surface area contributed by atoms with E-state index < -0.39 is 0 Å². The number of carbonyl (C=O) groups excluding carboxylic acids is 1. The first-order valence-electron chi connectivity index (χ1n) is 10.7. The highest BCUT2D eigenvalue weighted by Crippen LogP contribution is 2.29. The summed E-state index contributed by atoms with van der Waals surface area (Å²) < 4.78 is 0. The zero-order valence-corrected chi connectivity index (χ0v) is 18.3. The van der Waals surface area contributed by atoms with Crippen LogP contribution in [0.3, 0.4) is 0 Å².